The molecule has 2 unspecified atom stereocenters. The fraction of sp³-hybridized carbons (Fsp3) is 0.474. The summed E-state index contributed by atoms with van der Waals surface area (Å²) in [5, 5.41) is 7.18. The number of nitrogens with one attached hydrogen (secondary N) is 2. The van der Waals surface area contributed by atoms with Crippen molar-refractivity contribution in [3.8, 4) is 5.75 Å². The molecule has 0 heterocycles. The fourth-order valence-electron chi connectivity index (χ4n) is 3.65. The highest BCUT2D eigenvalue weighted by Gasteiger charge is 2.50. The molecule has 1 fully saturated rings. The molecule has 0 spiro atoms. The second-order valence-electron chi connectivity index (χ2n) is 7.12. The van der Waals surface area contributed by atoms with E-state index in [1.54, 1.807) is 7.11 Å². The van der Waals surface area contributed by atoms with Crippen LogP contribution in [0.25, 0.3) is 0 Å². The summed E-state index contributed by atoms with van der Waals surface area (Å²) in [6.07, 6.45) is 6.44. The molecule has 3 aliphatic carbocycles. The van der Waals surface area contributed by atoms with Crippen LogP contribution in [0.2, 0.25) is 0 Å². The largest absolute Gasteiger partial charge is 0.497 e. The number of carbonyl (C=O) groups is 1. The third kappa shape index (κ3) is 3.30. The van der Waals surface area contributed by atoms with Crippen LogP contribution >= 0.6 is 0 Å². The molecule has 0 radical (unpaired) electrons. The molecule has 2 atom stereocenters. The van der Waals surface area contributed by atoms with Gasteiger partial charge in [-0.1, -0.05) is 19.9 Å². The molecule has 2 N–H and O–H groups in total. The highest BCUT2D eigenvalue weighted by atomic mass is 16.5. The Morgan fingerprint density at radius 3 is 2.75 bits per heavy atom. The van der Waals surface area contributed by atoms with Gasteiger partial charge in [0.25, 0.3) is 5.91 Å². The zero-order valence-electron chi connectivity index (χ0n) is 14.5. The van der Waals surface area contributed by atoms with Gasteiger partial charge >= 0.3 is 0 Å². The molecule has 1 aromatic carbocycles. The molecular formula is C19H25N3O2. The SMILES string of the molecule is COc1ccc(NCC(=O)N/N=C/C2=CCC3CC2C3(C)C)cc1. The fourth-order valence-corrected chi connectivity index (χ4v) is 3.65. The smallest absolute Gasteiger partial charge is 0.259 e. The Morgan fingerprint density at radius 2 is 2.12 bits per heavy atom. The first-order chi connectivity index (χ1) is 11.5. The van der Waals surface area contributed by atoms with E-state index in [0.717, 1.165) is 23.8 Å². The van der Waals surface area contributed by atoms with E-state index in [9.17, 15) is 4.79 Å². The summed E-state index contributed by atoms with van der Waals surface area (Å²) < 4.78 is 5.10. The normalized spacial score (nSPS) is 24.0. The Labute approximate surface area is 143 Å². The maximum atomic E-state index is 11.9. The van der Waals surface area contributed by atoms with Gasteiger partial charge in [0.05, 0.1) is 19.9 Å². The lowest BCUT2D eigenvalue weighted by molar-refractivity contribution is -0.119. The molecule has 128 valence electrons. The van der Waals surface area contributed by atoms with Crippen LogP contribution in [0.4, 0.5) is 5.69 Å². The van der Waals surface area contributed by atoms with Crippen LogP contribution in [0.1, 0.15) is 26.7 Å². The second-order valence-corrected chi connectivity index (χ2v) is 7.12. The molecule has 0 aliphatic heterocycles. The zero-order valence-corrected chi connectivity index (χ0v) is 14.5. The van der Waals surface area contributed by atoms with Gasteiger partial charge in [-0.05, 0) is 59.9 Å². The number of nitrogens with zero attached hydrogens (tertiary/aromatic N) is 1. The van der Waals surface area contributed by atoms with Crippen molar-refractivity contribution in [2.24, 2.45) is 22.4 Å². The Hall–Kier alpha value is -2.30. The van der Waals surface area contributed by atoms with E-state index in [4.69, 9.17) is 4.74 Å². The number of benzene rings is 1. The molecular weight excluding hydrogens is 302 g/mol. The van der Waals surface area contributed by atoms with Crippen LogP contribution in [0, 0.1) is 17.3 Å². The molecule has 5 heteroatoms. The van der Waals surface area contributed by atoms with Gasteiger partial charge in [0.2, 0.25) is 0 Å². The number of hydrogen-bond donors (Lipinski definition) is 2. The van der Waals surface area contributed by atoms with Gasteiger partial charge in [-0.2, -0.15) is 5.10 Å². The molecule has 4 rings (SSSR count). The Morgan fingerprint density at radius 1 is 1.38 bits per heavy atom. The number of methoxy groups -OCH3 is 1. The van der Waals surface area contributed by atoms with Crippen LogP contribution in [0.15, 0.2) is 41.0 Å². The average Bonchev–Trinajstić information content (AvgIpc) is 2.60. The molecule has 1 aromatic rings. The third-order valence-corrected chi connectivity index (χ3v) is 5.46. The number of hydrogen-bond acceptors (Lipinski definition) is 4. The van der Waals surface area contributed by atoms with E-state index >= 15 is 0 Å². The van der Waals surface area contributed by atoms with Gasteiger partial charge < -0.3 is 10.1 Å². The minimum Gasteiger partial charge on any atom is -0.497 e. The number of carbonyl (C=O) groups excluding carboxylic acids is 1. The van der Waals surface area contributed by atoms with Crippen LogP contribution in [-0.4, -0.2) is 25.8 Å². The van der Waals surface area contributed by atoms with Gasteiger partial charge in [-0.3, -0.25) is 4.79 Å². The van der Waals surface area contributed by atoms with Crippen molar-refractivity contribution in [1.29, 1.82) is 0 Å². The van der Waals surface area contributed by atoms with E-state index in [1.807, 2.05) is 30.5 Å². The summed E-state index contributed by atoms with van der Waals surface area (Å²) in [4.78, 5) is 11.9. The minimum atomic E-state index is -0.163. The summed E-state index contributed by atoms with van der Waals surface area (Å²) in [5.41, 5.74) is 5.08. The Kier molecular flexibility index (Phi) is 4.60. The van der Waals surface area contributed by atoms with E-state index in [0.29, 0.717) is 11.3 Å². The van der Waals surface area contributed by atoms with Gasteiger partial charge in [-0.25, -0.2) is 5.43 Å². The molecule has 0 saturated heterocycles. The van der Waals surface area contributed by atoms with Crippen LogP contribution in [0.5, 0.6) is 5.75 Å². The number of hydrazone groups is 1. The maximum absolute atomic E-state index is 11.9. The number of ether oxygens (including phenoxy) is 1. The number of rotatable bonds is 6. The maximum Gasteiger partial charge on any atom is 0.259 e. The first kappa shape index (κ1) is 16.6. The Balaban J connectivity index is 1.45. The summed E-state index contributed by atoms with van der Waals surface area (Å²) in [5.74, 6) is 2.01. The van der Waals surface area contributed by atoms with E-state index in [-0.39, 0.29) is 12.5 Å². The van der Waals surface area contributed by atoms with Crippen molar-refractivity contribution in [3.63, 3.8) is 0 Å². The predicted octanol–water partition coefficient (Wildman–Crippen LogP) is 3.20. The van der Waals surface area contributed by atoms with Crippen LogP contribution in [0.3, 0.4) is 0 Å². The molecule has 2 bridgehead atoms. The monoisotopic (exact) mass is 327 g/mol. The van der Waals surface area contributed by atoms with Crippen molar-refractivity contribution in [2.45, 2.75) is 26.7 Å². The van der Waals surface area contributed by atoms with Gasteiger partial charge in [0, 0.05) is 5.69 Å². The Bertz CT molecular complexity index is 662. The molecule has 24 heavy (non-hydrogen) atoms. The summed E-state index contributed by atoms with van der Waals surface area (Å²) in [6.45, 7) is 4.83. The van der Waals surface area contributed by atoms with Crippen molar-refractivity contribution in [2.75, 3.05) is 19.0 Å². The quantitative estimate of drug-likeness (QED) is 0.623. The molecule has 5 nitrogen and oxygen atoms in total. The van der Waals surface area contributed by atoms with E-state index in [2.05, 4.69) is 35.8 Å². The van der Waals surface area contributed by atoms with Crippen LogP contribution < -0.4 is 15.5 Å². The van der Waals surface area contributed by atoms with Gasteiger partial charge in [-0.15, -0.1) is 0 Å². The number of fused-ring (bicyclic) bond motifs is 1. The highest BCUT2D eigenvalue weighted by Crippen LogP contribution is 2.58. The van der Waals surface area contributed by atoms with Gasteiger partial charge in [0.1, 0.15) is 5.75 Å². The zero-order chi connectivity index (χ0) is 17.2. The summed E-state index contributed by atoms with van der Waals surface area (Å²) >= 11 is 0. The van der Waals surface area contributed by atoms with Crippen LogP contribution in [-0.2, 0) is 4.79 Å². The number of anilines is 1. The first-order valence-corrected chi connectivity index (χ1v) is 8.40. The van der Waals surface area contributed by atoms with E-state index < -0.39 is 0 Å². The van der Waals surface area contributed by atoms with Crippen molar-refractivity contribution in [1.82, 2.24) is 5.43 Å². The molecule has 1 saturated carbocycles. The molecule has 1 amide bonds. The van der Waals surface area contributed by atoms with Crippen molar-refractivity contribution >= 4 is 17.8 Å². The second kappa shape index (κ2) is 6.67. The number of allylic oxidation sites excluding steroid dienone is 2. The minimum absolute atomic E-state index is 0.163. The lowest BCUT2D eigenvalue weighted by Gasteiger charge is -2.55. The molecule has 3 aliphatic rings. The lowest BCUT2D eigenvalue weighted by atomic mass is 9.49. The number of amides is 1. The lowest BCUT2D eigenvalue weighted by Crippen LogP contribution is -2.48. The summed E-state index contributed by atoms with van der Waals surface area (Å²) in [6, 6.07) is 7.44. The van der Waals surface area contributed by atoms with Crippen molar-refractivity contribution < 1.29 is 9.53 Å². The predicted molar refractivity (Wildman–Crippen MR) is 96.2 cm³/mol. The average molecular weight is 327 g/mol. The van der Waals surface area contributed by atoms with Crippen molar-refractivity contribution in [3.05, 3.63) is 35.9 Å². The summed E-state index contributed by atoms with van der Waals surface area (Å²) in [7, 11) is 1.63. The van der Waals surface area contributed by atoms with E-state index in [1.165, 1.54) is 12.0 Å². The topological polar surface area (TPSA) is 62.7 Å². The standard InChI is InChI=1S/C19H25N3O2/c1-19(2)14-5-4-13(17(19)10-14)11-21-22-18(23)12-20-15-6-8-16(24-3)9-7-15/h4,6-9,11,14,17,20H,5,10,12H2,1-3H3,(H,22,23)/b21-11+. The molecule has 0 aromatic heterocycles. The van der Waals surface area contributed by atoms with Gasteiger partial charge in [0.15, 0.2) is 0 Å². The highest BCUT2D eigenvalue weighted by molar-refractivity contribution is 5.84. The first-order valence-electron chi connectivity index (χ1n) is 8.40. The third-order valence-electron chi connectivity index (χ3n) is 5.46.